The third kappa shape index (κ3) is 3.55. The number of nitrogens with zero attached hydrogens (tertiary/aromatic N) is 3. The molecule has 5 heteroatoms. The Morgan fingerprint density at radius 2 is 2.26 bits per heavy atom. The second kappa shape index (κ2) is 6.68. The molecule has 0 saturated carbocycles. The van der Waals surface area contributed by atoms with Crippen LogP contribution in [0.4, 0.5) is 0 Å². The summed E-state index contributed by atoms with van der Waals surface area (Å²) in [6.07, 6.45) is 8.06. The molecule has 2 aromatic rings. The Kier molecular flexibility index (Phi) is 4.93. The lowest BCUT2D eigenvalue weighted by Crippen LogP contribution is -2.17. The Labute approximate surface area is 118 Å². The van der Waals surface area contributed by atoms with Crippen LogP contribution in [0.15, 0.2) is 30.7 Å². The van der Waals surface area contributed by atoms with E-state index in [-0.39, 0.29) is 6.04 Å². The van der Waals surface area contributed by atoms with E-state index in [0.29, 0.717) is 5.02 Å². The maximum absolute atomic E-state index is 6.25. The molecular formula is C14H19ClN4. The Morgan fingerprint density at radius 1 is 1.42 bits per heavy atom. The van der Waals surface area contributed by atoms with E-state index in [1.807, 2.05) is 16.9 Å². The molecule has 0 fully saturated rings. The van der Waals surface area contributed by atoms with Gasteiger partial charge in [0.1, 0.15) is 0 Å². The standard InChI is InChI=1S/C14H19ClN4/c1-2-8-19-14(12(15)10-18-19)13(16)6-5-11-4-3-7-17-9-11/h3-4,7,9-10,13H,2,5-6,8,16H2,1H3. The highest BCUT2D eigenvalue weighted by Gasteiger charge is 2.16. The lowest BCUT2D eigenvalue weighted by Gasteiger charge is -2.14. The average molecular weight is 279 g/mol. The van der Waals surface area contributed by atoms with E-state index < -0.39 is 0 Å². The van der Waals surface area contributed by atoms with E-state index in [9.17, 15) is 0 Å². The van der Waals surface area contributed by atoms with Crippen LogP contribution in [0.3, 0.4) is 0 Å². The Hall–Kier alpha value is -1.39. The van der Waals surface area contributed by atoms with Crippen LogP contribution in [0.1, 0.15) is 37.1 Å². The monoisotopic (exact) mass is 278 g/mol. The zero-order valence-electron chi connectivity index (χ0n) is 11.1. The molecule has 0 aromatic carbocycles. The summed E-state index contributed by atoms with van der Waals surface area (Å²) in [5, 5.41) is 4.93. The van der Waals surface area contributed by atoms with Crippen molar-refractivity contribution < 1.29 is 0 Å². The maximum Gasteiger partial charge on any atom is 0.0834 e. The number of hydrogen-bond acceptors (Lipinski definition) is 3. The number of hydrogen-bond donors (Lipinski definition) is 1. The van der Waals surface area contributed by atoms with Gasteiger partial charge in [-0.25, -0.2) is 0 Å². The predicted octanol–water partition coefficient (Wildman–Crippen LogP) is 2.97. The van der Waals surface area contributed by atoms with Crippen LogP contribution in [-0.2, 0) is 13.0 Å². The fourth-order valence-electron chi connectivity index (χ4n) is 2.14. The second-order valence-electron chi connectivity index (χ2n) is 4.61. The van der Waals surface area contributed by atoms with Crippen molar-refractivity contribution in [1.29, 1.82) is 0 Å². The summed E-state index contributed by atoms with van der Waals surface area (Å²) in [6, 6.07) is 3.90. The predicted molar refractivity (Wildman–Crippen MR) is 77.0 cm³/mol. The van der Waals surface area contributed by atoms with Gasteiger partial charge in [0.2, 0.25) is 0 Å². The van der Waals surface area contributed by atoms with Crippen molar-refractivity contribution in [2.45, 2.75) is 38.8 Å². The lowest BCUT2D eigenvalue weighted by molar-refractivity contribution is 0.523. The second-order valence-corrected chi connectivity index (χ2v) is 5.01. The summed E-state index contributed by atoms with van der Waals surface area (Å²) < 4.78 is 1.91. The molecule has 0 amide bonds. The summed E-state index contributed by atoms with van der Waals surface area (Å²) >= 11 is 6.18. The van der Waals surface area contributed by atoms with E-state index >= 15 is 0 Å². The van der Waals surface area contributed by atoms with E-state index in [2.05, 4.69) is 23.1 Å². The average Bonchev–Trinajstić information content (AvgIpc) is 2.79. The fraction of sp³-hybridized carbons (Fsp3) is 0.429. The molecule has 0 radical (unpaired) electrons. The molecule has 0 aliphatic heterocycles. The highest BCUT2D eigenvalue weighted by molar-refractivity contribution is 6.31. The van der Waals surface area contributed by atoms with Crippen molar-refractivity contribution in [2.75, 3.05) is 0 Å². The highest BCUT2D eigenvalue weighted by atomic mass is 35.5. The number of aryl methyl sites for hydroxylation is 2. The molecule has 0 saturated heterocycles. The molecule has 0 spiro atoms. The van der Waals surface area contributed by atoms with Crippen LogP contribution in [0.25, 0.3) is 0 Å². The Bertz CT molecular complexity index is 509. The third-order valence-electron chi connectivity index (χ3n) is 3.09. The van der Waals surface area contributed by atoms with Gasteiger partial charge in [0.25, 0.3) is 0 Å². The van der Waals surface area contributed by atoms with Crippen LogP contribution < -0.4 is 5.73 Å². The first-order valence-electron chi connectivity index (χ1n) is 6.58. The summed E-state index contributed by atoms with van der Waals surface area (Å²) in [5.41, 5.74) is 8.38. The van der Waals surface area contributed by atoms with Crippen LogP contribution in [0.5, 0.6) is 0 Å². The quantitative estimate of drug-likeness (QED) is 0.884. The minimum Gasteiger partial charge on any atom is -0.323 e. The van der Waals surface area contributed by atoms with Gasteiger partial charge in [0, 0.05) is 25.0 Å². The molecule has 0 aliphatic rings. The van der Waals surface area contributed by atoms with Gasteiger partial charge in [-0.15, -0.1) is 0 Å². The van der Waals surface area contributed by atoms with Crippen molar-refractivity contribution >= 4 is 11.6 Å². The molecule has 1 atom stereocenters. The van der Waals surface area contributed by atoms with Gasteiger partial charge < -0.3 is 5.73 Å². The molecule has 2 N–H and O–H groups in total. The summed E-state index contributed by atoms with van der Waals surface area (Å²) in [6.45, 7) is 2.96. The molecule has 0 aliphatic carbocycles. The number of nitrogens with two attached hydrogens (primary N) is 1. The zero-order chi connectivity index (χ0) is 13.7. The molecule has 2 aromatic heterocycles. The topological polar surface area (TPSA) is 56.7 Å². The largest absolute Gasteiger partial charge is 0.323 e. The third-order valence-corrected chi connectivity index (χ3v) is 3.38. The van der Waals surface area contributed by atoms with Gasteiger partial charge in [-0.05, 0) is 30.9 Å². The van der Waals surface area contributed by atoms with Gasteiger partial charge in [-0.2, -0.15) is 5.10 Å². The molecular weight excluding hydrogens is 260 g/mol. The first kappa shape index (κ1) is 14.0. The van der Waals surface area contributed by atoms with Crippen LogP contribution >= 0.6 is 11.6 Å². The number of aromatic nitrogens is 3. The molecule has 4 nitrogen and oxygen atoms in total. The number of pyridine rings is 1. The van der Waals surface area contributed by atoms with Crippen LogP contribution in [-0.4, -0.2) is 14.8 Å². The van der Waals surface area contributed by atoms with Gasteiger partial charge in [-0.3, -0.25) is 9.67 Å². The van der Waals surface area contributed by atoms with Crippen LogP contribution in [0, 0.1) is 0 Å². The minimum absolute atomic E-state index is 0.0956. The van der Waals surface area contributed by atoms with Crippen molar-refractivity contribution in [1.82, 2.24) is 14.8 Å². The maximum atomic E-state index is 6.25. The Balaban J connectivity index is 2.03. The van der Waals surface area contributed by atoms with Crippen LogP contribution in [0.2, 0.25) is 5.02 Å². The van der Waals surface area contributed by atoms with Crippen molar-refractivity contribution in [2.24, 2.45) is 5.73 Å². The summed E-state index contributed by atoms with van der Waals surface area (Å²) in [7, 11) is 0. The normalized spacial score (nSPS) is 12.6. The smallest absolute Gasteiger partial charge is 0.0834 e. The minimum atomic E-state index is -0.0956. The number of rotatable bonds is 6. The lowest BCUT2D eigenvalue weighted by atomic mass is 10.0. The number of halogens is 1. The Morgan fingerprint density at radius 3 is 2.95 bits per heavy atom. The van der Waals surface area contributed by atoms with Gasteiger partial charge in [0.05, 0.1) is 16.9 Å². The molecule has 1 unspecified atom stereocenters. The fourth-order valence-corrected chi connectivity index (χ4v) is 2.42. The van der Waals surface area contributed by atoms with E-state index in [1.54, 1.807) is 12.4 Å². The highest BCUT2D eigenvalue weighted by Crippen LogP contribution is 2.24. The molecule has 102 valence electrons. The first-order chi connectivity index (χ1) is 9.22. The van der Waals surface area contributed by atoms with Gasteiger partial charge >= 0.3 is 0 Å². The van der Waals surface area contributed by atoms with Crippen molar-refractivity contribution in [3.8, 4) is 0 Å². The SMILES string of the molecule is CCCn1ncc(Cl)c1C(N)CCc1cccnc1. The molecule has 2 heterocycles. The van der Waals surface area contributed by atoms with E-state index in [4.69, 9.17) is 17.3 Å². The zero-order valence-corrected chi connectivity index (χ0v) is 11.8. The van der Waals surface area contributed by atoms with Gasteiger partial charge in [0.15, 0.2) is 0 Å². The molecule has 2 rings (SSSR count). The molecule has 0 bridgehead atoms. The molecule has 19 heavy (non-hydrogen) atoms. The van der Waals surface area contributed by atoms with E-state index in [1.165, 1.54) is 5.56 Å². The van der Waals surface area contributed by atoms with E-state index in [0.717, 1.165) is 31.5 Å². The van der Waals surface area contributed by atoms with Crippen molar-refractivity contribution in [3.63, 3.8) is 0 Å². The first-order valence-corrected chi connectivity index (χ1v) is 6.95. The van der Waals surface area contributed by atoms with Gasteiger partial charge in [-0.1, -0.05) is 24.6 Å². The summed E-state index contributed by atoms with van der Waals surface area (Å²) in [5.74, 6) is 0. The van der Waals surface area contributed by atoms with Crippen molar-refractivity contribution in [3.05, 3.63) is 47.0 Å². The summed E-state index contributed by atoms with van der Waals surface area (Å²) in [4.78, 5) is 4.11.